The van der Waals surface area contributed by atoms with Crippen molar-refractivity contribution in [2.75, 3.05) is 11.4 Å². The van der Waals surface area contributed by atoms with Crippen LogP contribution in [0.4, 0.5) is 5.69 Å². The van der Waals surface area contributed by atoms with Crippen LogP contribution in [0.2, 0.25) is 0 Å². The van der Waals surface area contributed by atoms with Crippen molar-refractivity contribution in [3.63, 3.8) is 0 Å². The van der Waals surface area contributed by atoms with Gasteiger partial charge in [-0.25, -0.2) is 0 Å². The van der Waals surface area contributed by atoms with Gasteiger partial charge in [-0.15, -0.1) is 0 Å². The number of carboxylic acid groups (broad SMARTS) is 1. The number of carbonyl (C=O) groups is 1. The number of hydrogen-bond acceptors (Lipinski definition) is 3. The zero-order valence-electron chi connectivity index (χ0n) is 12.5. The van der Waals surface area contributed by atoms with Crippen LogP contribution >= 0.6 is 0 Å². The molecule has 110 valence electrons. The van der Waals surface area contributed by atoms with E-state index in [1.54, 1.807) is 0 Å². The molecule has 0 saturated heterocycles. The summed E-state index contributed by atoms with van der Waals surface area (Å²) in [6, 6.07) is 8.30. The Hall–Kier alpha value is -1.55. The number of hydrogen-bond donors (Lipinski definition) is 2. The monoisotopic (exact) mass is 276 g/mol. The van der Waals surface area contributed by atoms with Gasteiger partial charge in [0.25, 0.3) is 0 Å². The molecule has 0 bridgehead atoms. The van der Waals surface area contributed by atoms with Gasteiger partial charge in [0, 0.05) is 24.3 Å². The fourth-order valence-electron chi connectivity index (χ4n) is 2.84. The molecule has 1 aromatic rings. The van der Waals surface area contributed by atoms with Crippen molar-refractivity contribution in [1.29, 1.82) is 0 Å². The van der Waals surface area contributed by atoms with Crippen molar-refractivity contribution < 1.29 is 9.90 Å². The zero-order valence-corrected chi connectivity index (χ0v) is 12.5. The largest absolute Gasteiger partial charge is 0.480 e. The Kier molecular flexibility index (Phi) is 4.65. The standard InChI is InChI=1S/C16H24N2O2/c1-11(2)17-14(16(19)20)10-18-12(3)8-9-13-6-4-5-7-15(13)18/h4-7,11-12,14,17H,8-10H2,1-3H3,(H,19,20). The summed E-state index contributed by atoms with van der Waals surface area (Å²) in [5.41, 5.74) is 2.50. The maximum Gasteiger partial charge on any atom is 0.322 e. The Labute approximate surface area is 120 Å². The number of aliphatic carboxylic acids is 1. The summed E-state index contributed by atoms with van der Waals surface area (Å²) in [4.78, 5) is 13.7. The van der Waals surface area contributed by atoms with Gasteiger partial charge in [-0.05, 0) is 31.4 Å². The highest BCUT2D eigenvalue weighted by atomic mass is 16.4. The van der Waals surface area contributed by atoms with Crippen LogP contribution in [0.25, 0.3) is 0 Å². The van der Waals surface area contributed by atoms with Crippen molar-refractivity contribution in [3.05, 3.63) is 29.8 Å². The van der Waals surface area contributed by atoms with Crippen molar-refractivity contribution >= 4 is 11.7 Å². The molecule has 0 aromatic heterocycles. The molecule has 2 rings (SSSR count). The van der Waals surface area contributed by atoms with Gasteiger partial charge in [0.2, 0.25) is 0 Å². The van der Waals surface area contributed by atoms with Crippen LogP contribution in [0.3, 0.4) is 0 Å². The van der Waals surface area contributed by atoms with Crippen LogP contribution in [0.15, 0.2) is 24.3 Å². The van der Waals surface area contributed by atoms with Crippen LogP contribution in [-0.2, 0) is 11.2 Å². The van der Waals surface area contributed by atoms with E-state index < -0.39 is 12.0 Å². The molecule has 0 radical (unpaired) electrons. The molecule has 0 spiro atoms. The lowest BCUT2D eigenvalue weighted by Crippen LogP contribution is -2.51. The van der Waals surface area contributed by atoms with Gasteiger partial charge in [-0.2, -0.15) is 0 Å². The molecule has 1 aliphatic heterocycles. The van der Waals surface area contributed by atoms with Crippen molar-refractivity contribution in [1.82, 2.24) is 5.32 Å². The number of aryl methyl sites for hydroxylation is 1. The van der Waals surface area contributed by atoms with Crippen LogP contribution in [0.5, 0.6) is 0 Å². The first kappa shape index (κ1) is 14.9. The normalized spacial score (nSPS) is 19.8. The predicted molar refractivity (Wildman–Crippen MR) is 81.3 cm³/mol. The lowest BCUT2D eigenvalue weighted by Gasteiger charge is -2.39. The van der Waals surface area contributed by atoms with Gasteiger partial charge >= 0.3 is 5.97 Å². The third kappa shape index (κ3) is 3.31. The molecule has 0 saturated carbocycles. The summed E-state index contributed by atoms with van der Waals surface area (Å²) in [6.45, 7) is 6.63. The minimum Gasteiger partial charge on any atom is -0.480 e. The van der Waals surface area contributed by atoms with Crippen molar-refractivity contribution in [2.24, 2.45) is 0 Å². The van der Waals surface area contributed by atoms with Crippen molar-refractivity contribution in [2.45, 2.75) is 51.7 Å². The lowest BCUT2D eigenvalue weighted by atomic mass is 9.96. The molecule has 1 aromatic carbocycles. The molecule has 2 N–H and O–H groups in total. The highest BCUT2D eigenvalue weighted by Crippen LogP contribution is 2.30. The number of anilines is 1. The van der Waals surface area contributed by atoms with Crippen LogP contribution < -0.4 is 10.2 Å². The van der Waals surface area contributed by atoms with E-state index in [2.05, 4.69) is 29.3 Å². The molecule has 0 fully saturated rings. The molecule has 0 aliphatic carbocycles. The maximum atomic E-state index is 11.4. The van der Waals surface area contributed by atoms with Gasteiger partial charge in [-0.3, -0.25) is 4.79 Å². The number of nitrogens with one attached hydrogen (secondary N) is 1. The topological polar surface area (TPSA) is 52.6 Å². The summed E-state index contributed by atoms with van der Waals surface area (Å²) in [5.74, 6) is -0.783. The van der Waals surface area contributed by atoms with E-state index >= 15 is 0 Å². The van der Waals surface area contributed by atoms with Gasteiger partial charge < -0.3 is 15.3 Å². The third-order valence-corrected chi connectivity index (χ3v) is 3.88. The average Bonchev–Trinajstić information content (AvgIpc) is 2.40. The van der Waals surface area contributed by atoms with E-state index in [1.165, 1.54) is 11.3 Å². The summed E-state index contributed by atoms with van der Waals surface area (Å²) in [5, 5.41) is 12.5. The number of nitrogens with zero attached hydrogens (tertiary/aromatic N) is 1. The molecule has 20 heavy (non-hydrogen) atoms. The lowest BCUT2D eigenvalue weighted by molar-refractivity contribution is -0.139. The third-order valence-electron chi connectivity index (χ3n) is 3.88. The number of benzene rings is 1. The van der Waals surface area contributed by atoms with E-state index in [9.17, 15) is 9.90 Å². The van der Waals surface area contributed by atoms with E-state index in [4.69, 9.17) is 0 Å². The van der Waals surface area contributed by atoms with Crippen LogP contribution in [-0.4, -0.2) is 35.7 Å². The van der Waals surface area contributed by atoms with Crippen LogP contribution in [0.1, 0.15) is 32.8 Å². The zero-order chi connectivity index (χ0) is 14.7. The van der Waals surface area contributed by atoms with Gasteiger partial charge in [0.05, 0.1) is 0 Å². The summed E-state index contributed by atoms with van der Waals surface area (Å²) in [6.07, 6.45) is 2.15. The second-order valence-corrected chi connectivity index (χ2v) is 5.88. The number of rotatable bonds is 5. The van der Waals surface area contributed by atoms with Gasteiger partial charge in [0.1, 0.15) is 6.04 Å². The Morgan fingerprint density at radius 3 is 2.80 bits per heavy atom. The Morgan fingerprint density at radius 2 is 2.15 bits per heavy atom. The second kappa shape index (κ2) is 6.27. The second-order valence-electron chi connectivity index (χ2n) is 5.88. The molecule has 2 atom stereocenters. The molecule has 2 unspecified atom stereocenters. The van der Waals surface area contributed by atoms with Crippen molar-refractivity contribution in [3.8, 4) is 0 Å². The maximum absolute atomic E-state index is 11.4. The first-order valence-corrected chi connectivity index (χ1v) is 7.32. The predicted octanol–water partition coefficient (Wildman–Crippen LogP) is 2.28. The number of para-hydroxylation sites is 1. The molecule has 4 nitrogen and oxygen atoms in total. The molecular weight excluding hydrogens is 252 g/mol. The first-order valence-electron chi connectivity index (χ1n) is 7.32. The van der Waals surface area contributed by atoms with E-state index in [1.807, 2.05) is 26.0 Å². The molecule has 4 heteroatoms. The minimum absolute atomic E-state index is 0.159. The summed E-state index contributed by atoms with van der Waals surface area (Å²) in [7, 11) is 0. The van der Waals surface area contributed by atoms with E-state index in [0.717, 1.165) is 12.8 Å². The highest BCUT2D eigenvalue weighted by molar-refractivity contribution is 5.75. The summed E-state index contributed by atoms with van der Waals surface area (Å²) >= 11 is 0. The van der Waals surface area contributed by atoms with E-state index in [0.29, 0.717) is 12.6 Å². The number of fused-ring (bicyclic) bond motifs is 1. The van der Waals surface area contributed by atoms with Gasteiger partial charge in [0.15, 0.2) is 0 Å². The average molecular weight is 276 g/mol. The molecule has 1 heterocycles. The SMILES string of the molecule is CC(C)NC(CN1c2ccccc2CCC1C)C(=O)O. The van der Waals surface area contributed by atoms with Crippen LogP contribution in [0, 0.1) is 0 Å². The van der Waals surface area contributed by atoms with E-state index in [-0.39, 0.29) is 6.04 Å². The fourth-order valence-corrected chi connectivity index (χ4v) is 2.84. The smallest absolute Gasteiger partial charge is 0.322 e. The highest BCUT2D eigenvalue weighted by Gasteiger charge is 2.28. The Bertz CT molecular complexity index is 473. The first-order chi connectivity index (χ1) is 9.49. The van der Waals surface area contributed by atoms with Gasteiger partial charge in [-0.1, -0.05) is 32.0 Å². The molecule has 0 amide bonds. The molecular formula is C16H24N2O2. The summed E-state index contributed by atoms with van der Waals surface area (Å²) < 4.78 is 0. The number of carboxylic acids is 1. The Morgan fingerprint density at radius 1 is 1.45 bits per heavy atom. The molecule has 1 aliphatic rings. The fraction of sp³-hybridized carbons (Fsp3) is 0.562. The Balaban J connectivity index is 2.20. The minimum atomic E-state index is -0.783. The quantitative estimate of drug-likeness (QED) is 0.866.